The van der Waals surface area contributed by atoms with E-state index in [-0.39, 0.29) is 18.0 Å². The van der Waals surface area contributed by atoms with Crippen molar-refractivity contribution in [3.8, 4) is 0 Å². The third-order valence-electron chi connectivity index (χ3n) is 6.71. The van der Waals surface area contributed by atoms with Gasteiger partial charge in [-0.3, -0.25) is 4.57 Å². The second-order valence-electron chi connectivity index (χ2n) is 9.32. The van der Waals surface area contributed by atoms with Crippen LogP contribution in [0.25, 0.3) is 5.76 Å². The largest absolute Gasteiger partial charge is 0.484 e. The Morgan fingerprint density at radius 1 is 1.19 bits per heavy atom. The molecule has 0 spiro atoms. The van der Waals surface area contributed by atoms with Crippen LogP contribution in [0.1, 0.15) is 62.5 Å². The molecule has 0 aromatic heterocycles. The predicted octanol–water partition coefficient (Wildman–Crippen LogP) is 7.07. The number of hydrogen-bond acceptors (Lipinski definition) is 2. The van der Waals surface area contributed by atoms with Gasteiger partial charge in [0.15, 0.2) is 6.61 Å². The lowest BCUT2D eigenvalue weighted by Gasteiger charge is -2.43. The fourth-order valence-electron chi connectivity index (χ4n) is 5.66. The van der Waals surface area contributed by atoms with E-state index in [0.717, 1.165) is 50.5 Å². The van der Waals surface area contributed by atoms with E-state index in [9.17, 15) is 22.6 Å². The maximum atomic E-state index is 13.1. The van der Waals surface area contributed by atoms with E-state index >= 15 is 0 Å². The lowest BCUT2D eigenvalue weighted by atomic mass is 9.62. The molecule has 7 heteroatoms. The van der Waals surface area contributed by atoms with Crippen LogP contribution >= 0.6 is 7.37 Å². The van der Waals surface area contributed by atoms with Gasteiger partial charge in [0.2, 0.25) is 7.37 Å². The van der Waals surface area contributed by atoms with E-state index in [1.165, 1.54) is 24.2 Å². The van der Waals surface area contributed by atoms with Crippen molar-refractivity contribution in [2.75, 3.05) is 13.3 Å². The minimum absolute atomic E-state index is 0.00905. The summed E-state index contributed by atoms with van der Waals surface area (Å²) in [4.78, 5) is 9.78. The quantitative estimate of drug-likeness (QED) is 0.294. The number of allylic oxidation sites excluding steroid dienone is 3. The Kier molecular flexibility index (Phi) is 6.42. The number of hydrogen-bond donors (Lipinski definition) is 1. The fourth-order valence-corrected chi connectivity index (χ4v) is 6.54. The van der Waals surface area contributed by atoms with Crippen molar-refractivity contribution in [3.05, 3.63) is 52.1 Å². The Balaban J connectivity index is 1.80. The summed E-state index contributed by atoms with van der Waals surface area (Å²) < 4.78 is 56.8. The summed E-state index contributed by atoms with van der Waals surface area (Å²) in [5.74, 6) is 0.734. The SMILES string of the molecule is CP(=O)(O)Cc1cccc(/C(OCC(F)(F)F)=C2/C3CCCC2C2=C(CCCC2)C3)c1. The molecular formula is C24H30F3O3P. The van der Waals surface area contributed by atoms with Gasteiger partial charge in [-0.2, -0.15) is 13.2 Å². The van der Waals surface area contributed by atoms with Gasteiger partial charge in [0.1, 0.15) is 5.76 Å². The van der Waals surface area contributed by atoms with Gasteiger partial charge in [-0.15, -0.1) is 0 Å². The monoisotopic (exact) mass is 454 g/mol. The first-order valence-electron chi connectivity index (χ1n) is 11.1. The number of ether oxygens (including phenoxy) is 1. The zero-order valence-electron chi connectivity index (χ0n) is 17.9. The molecule has 0 radical (unpaired) electrons. The zero-order valence-corrected chi connectivity index (χ0v) is 18.8. The van der Waals surface area contributed by atoms with Crippen LogP contribution in [-0.2, 0) is 15.5 Å². The molecule has 3 aliphatic rings. The van der Waals surface area contributed by atoms with Crippen LogP contribution in [0.4, 0.5) is 13.2 Å². The molecule has 0 aliphatic heterocycles. The Labute approximate surface area is 181 Å². The van der Waals surface area contributed by atoms with Gasteiger partial charge in [-0.05, 0) is 68.1 Å². The molecule has 4 rings (SSSR count). The molecular weight excluding hydrogens is 424 g/mol. The third-order valence-corrected chi connectivity index (χ3v) is 7.66. The molecule has 0 amide bonds. The average molecular weight is 454 g/mol. The van der Waals surface area contributed by atoms with Gasteiger partial charge in [0, 0.05) is 24.3 Å². The zero-order chi connectivity index (χ0) is 22.2. The van der Waals surface area contributed by atoms with E-state index in [0.29, 0.717) is 16.9 Å². The fraction of sp³-hybridized carbons (Fsp3) is 0.583. The Morgan fingerprint density at radius 3 is 2.71 bits per heavy atom. The van der Waals surface area contributed by atoms with Crippen LogP contribution in [0.3, 0.4) is 0 Å². The standard InChI is InChI=1S/C24H30F3O3P/c1-31(28,29)14-16-6-4-9-19(12-16)23(30-15-24(25,26)27)22-18-8-5-11-21(22)20-10-3-2-7-17(20)13-18/h4,6,9,12,18,21H,2-3,5,7-8,10-11,13-15H2,1H3,(H,28,29)/b23-22+. The summed E-state index contributed by atoms with van der Waals surface area (Å²) in [5, 5.41) is 0. The van der Waals surface area contributed by atoms with Gasteiger partial charge in [-0.1, -0.05) is 35.8 Å². The molecule has 1 aromatic rings. The maximum Gasteiger partial charge on any atom is 0.422 e. The summed E-state index contributed by atoms with van der Waals surface area (Å²) in [6.45, 7) is -0.0323. The Bertz CT molecular complexity index is 942. The first kappa shape index (κ1) is 22.7. The van der Waals surface area contributed by atoms with Crippen LogP contribution in [0, 0.1) is 11.8 Å². The van der Waals surface area contributed by atoms with Crippen molar-refractivity contribution in [2.45, 2.75) is 63.7 Å². The lowest BCUT2D eigenvalue weighted by Crippen LogP contribution is -2.30. The Hall–Kier alpha value is -1.52. The molecule has 31 heavy (non-hydrogen) atoms. The molecule has 3 aliphatic carbocycles. The van der Waals surface area contributed by atoms with Crippen molar-refractivity contribution in [1.29, 1.82) is 0 Å². The molecule has 3 atom stereocenters. The van der Waals surface area contributed by atoms with Crippen molar-refractivity contribution < 1.29 is 27.4 Å². The molecule has 2 bridgehead atoms. The molecule has 0 heterocycles. The normalized spacial score (nSPS) is 27.4. The van der Waals surface area contributed by atoms with E-state index in [4.69, 9.17) is 4.74 Å². The van der Waals surface area contributed by atoms with Crippen molar-refractivity contribution >= 4 is 13.1 Å². The summed E-state index contributed by atoms with van der Waals surface area (Å²) in [6, 6.07) is 6.97. The van der Waals surface area contributed by atoms with Crippen molar-refractivity contribution in [2.24, 2.45) is 11.8 Å². The molecule has 1 aromatic carbocycles. The highest BCUT2D eigenvalue weighted by atomic mass is 31.2. The van der Waals surface area contributed by atoms with Crippen LogP contribution in [0.5, 0.6) is 0 Å². The molecule has 3 nitrogen and oxygen atoms in total. The van der Waals surface area contributed by atoms with E-state index < -0.39 is 20.2 Å². The third kappa shape index (κ3) is 5.46. The van der Waals surface area contributed by atoms with E-state index in [2.05, 4.69) is 0 Å². The van der Waals surface area contributed by atoms with Crippen LogP contribution in [0.15, 0.2) is 41.0 Å². The van der Waals surface area contributed by atoms with Gasteiger partial charge >= 0.3 is 6.18 Å². The minimum atomic E-state index is -4.42. The Morgan fingerprint density at radius 2 is 1.97 bits per heavy atom. The number of rotatable bonds is 5. The number of benzene rings is 1. The minimum Gasteiger partial charge on any atom is -0.484 e. The van der Waals surface area contributed by atoms with Crippen molar-refractivity contribution in [1.82, 2.24) is 0 Å². The molecule has 1 fully saturated rings. The molecule has 1 saturated carbocycles. The summed E-state index contributed by atoms with van der Waals surface area (Å²) in [7, 11) is -3.29. The highest BCUT2D eigenvalue weighted by Gasteiger charge is 2.40. The summed E-state index contributed by atoms with van der Waals surface area (Å²) in [5.41, 5.74) is 5.22. The van der Waals surface area contributed by atoms with Crippen LogP contribution in [-0.4, -0.2) is 24.3 Å². The van der Waals surface area contributed by atoms with Crippen molar-refractivity contribution in [3.63, 3.8) is 0 Å². The maximum absolute atomic E-state index is 13.1. The van der Waals surface area contributed by atoms with E-state index in [1.807, 2.05) is 0 Å². The number of fused-ring (bicyclic) bond motifs is 3. The average Bonchev–Trinajstić information content (AvgIpc) is 2.66. The van der Waals surface area contributed by atoms with E-state index in [1.54, 1.807) is 24.3 Å². The molecule has 0 saturated heterocycles. The summed E-state index contributed by atoms with van der Waals surface area (Å²) >= 11 is 0. The molecule has 1 N–H and O–H groups in total. The number of halogens is 3. The van der Waals surface area contributed by atoms with Gasteiger partial charge in [0.05, 0.1) is 0 Å². The second-order valence-corrected chi connectivity index (χ2v) is 11.7. The number of alkyl halides is 3. The highest BCUT2D eigenvalue weighted by molar-refractivity contribution is 7.56. The second kappa shape index (κ2) is 8.78. The van der Waals surface area contributed by atoms with Gasteiger partial charge in [-0.25, -0.2) is 0 Å². The van der Waals surface area contributed by atoms with Gasteiger partial charge in [0.25, 0.3) is 0 Å². The molecule has 3 unspecified atom stereocenters. The lowest BCUT2D eigenvalue weighted by molar-refractivity contribution is -0.158. The van der Waals surface area contributed by atoms with Crippen LogP contribution in [0.2, 0.25) is 0 Å². The van der Waals surface area contributed by atoms with Gasteiger partial charge < -0.3 is 9.63 Å². The highest BCUT2D eigenvalue weighted by Crippen LogP contribution is 2.53. The first-order valence-corrected chi connectivity index (χ1v) is 13.4. The molecule has 170 valence electrons. The predicted molar refractivity (Wildman–Crippen MR) is 116 cm³/mol. The summed E-state index contributed by atoms with van der Waals surface area (Å²) in [6.07, 6.45) is 4.02. The smallest absolute Gasteiger partial charge is 0.422 e. The van der Waals surface area contributed by atoms with Crippen LogP contribution < -0.4 is 0 Å². The topological polar surface area (TPSA) is 46.5 Å². The first-order chi connectivity index (χ1) is 14.6.